The summed E-state index contributed by atoms with van der Waals surface area (Å²) < 4.78 is 0. The molecule has 5 nitrogen and oxygen atoms in total. The number of carbonyl (C=O) groups is 1. The quantitative estimate of drug-likeness (QED) is 0.628. The molecule has 0 fully saturated rings. The van der Waals surface area contributed by atoms with Crippen LogP contribution in [0.4, 0.5) is 0 Å². The molecule has 0 radical (unpaired) electrons. The van der Waals surface area contributed by atoms with Crippen LogP contribution in [0.5, 0.6) is 0 Å². The molecule has 0 atom stereocenters. The molecule has 0 aliphatic carbocycles. The molecule has 0 saturated carbocycles. The first-order chi connectivity index (χ1) is 13.0. The SMILES string of the molecule is CN(C)Cc1[nH]c(Cc2ccc(C=CC(=O)O)cc2)nc1-c1ccccc1. The monoisotopic (exact) mass is 361 g/mol. The predicted molar refractivity (Wildman–Crippen MR) is 107 cm³/mol. The summed E-state index contributed by atoms with van der Waals surface area (Å²) in [6, 6.07) is 18.0. The summed E-state index contributed by atoms with van der Waals surface area (Å²) in [5.74, 6) is -0.0314. The van der Waals surface area contributed by atoms with Gasteiger partial charge < -0.3 is 15.0 Å². The lowest BCUT2D eigenvalue weighted by Crippen LogP contribution is -2.11. The minimum atomic E-state index is -0.948. The van der Waals surface area contributed by atoms with E-state index in [4.69, 9.17) is 10.1 Å². The fourth-order valence-corrected chi connectivity index (χ4v) is 2.92. The molecule has 0 aliphatic rings. The summed E-state index contributed by atoms with van der Waals surface area (Å²) in [5, 5.41) is 8.71. The van der Waals surface area contributed by atoms with E-state index in [9.17, 15) is 4.79 Å². The summed E-state index contributed by atoms with van der Waals surface area (Å²) in [7, 11) is 4.08. The lowest BCUT2D eigenvalue weighted by molar-refractivity contribution is -0.131. The van der Waals surface area contributed by atoms with Crippen molar-refractivity contribution < 1.29 is 9.90 Å². The van der Waals surface area contributed by atoms with E-state index in [0.717, 1.165) is 46.5 Å². The molecule has 138 valence electrons. The zero-order valence-corrected chi connectivity index (χ0v) is 15.5. The van der Waals surface area contributed by atoms with Crippen LogP contribution in [0.2, 0.25) is 0 Å². The predicted octanol–water partition coefficient (Wildman–Crippen LogP) is 3.83. The molecule has 0 spiro atoms. The maximum atomic E-state index is 10.6. The molecule has 5 heteroatoms. The number of carboxylic acids is 1. The number of benzene rings is 2. The Morgan fingerprint density at radius 1 is 1.11 bits per heavy atom. The Morgan fingerprint density at radius 3 is 2.44 bits per heavy atom. The summed E-state index contributed by atoms with van der Waals surface area (Å²) >= 11 is 0. The Bertz CT molecular complexity index is 926. The van der Waals surface area contributed by atoms with Crippen molar-refractivity contribution in [3.05, 3.63) is 83.3 Å². The van der Waals surface area contributed by atoms with E-state index in [1.165, 1.54) is 0 Å². The number of aromatic nitrogens is 2. The zero-order chi connectivity index (χ0) is 19.2. The van der Waals surface area contributed by atoms with Crippen molar-refractivity contribution in [2.24, 2.45) is 0 Å². The minimum Gasteiger partial charge on any atom is -0.478 e. The fourth-order valence-electron chi connectivity index (χ4n) is 2.92. The van der Waals surface area contributed by atoms with Gasteiger partial charge in [-0.2, -0.15) is 0 Å². The van der Waals surface area contributed by atoms with Gasteiger partial charge in [0.15, 0.2) is 0 Å². The van der Waals surface area contributed by atoms with Gasteiger partial charge in [0.1, 0.15) is 5.82 Å². The summed E-state index contributed by atoms with van der Waals surface area (Å²) in [4.78, 5) is 21.0. The van der Waals surface area contributed by atoms with Crippen LogP contribution in [0.1, 0.15) is 22.6 Å². The number of aromatic amines is 1. The van der Waals surface area contributed by atoms with Gasteiger partial charge in [-0.05, 0) is 31.3 Å². The van der Waals surface area contributed by atoms with Gasteiger partial charge in [0, 0.05) is 24.6 Å². The van der Waals surface area contributed by atoms with E-state index in [0.29, 0.717) is 6.42 Å². The van der Waals surface area contributed by atoms with Crippen molar-refractivity contribution in [3.63, 3.8) is 0 Å². The van der Waals surface area contributed by atoms with E-state index in [2.05, 4.69) is 22.0 Å². The van der Waals surface area contributed by atoms with E-state index in [-0.39, 0.29) is 0 Å². The molecule has 3 aromatic rings. The van der Waals surface area contributed by atoms with Crippen LogP contribution in [0, 0.1) is 0 Å². The molecular formula is C22H23N3O2. The van der Waals surface area contributed by atoms with Gasteiger partial charge in [-0.25, -0.2) is 9.78 Å². The number of hydrogen-bond acceptors (Lipinski definition) is 3. The van der Waals surface area contributed by atoms with Crippen LogP contribution in [0.15, 0.2) is 60.7 Å². The molecule has 27 heavy (non-hydrogen) atoms. The lowest BCUT2D eigenvalue weighted by atomic mass is 10.1. The summed E-state index contributed by atoms with van der Waals surface area (Å²) in [6.07, 6.45) is 3.42. The molecule has 1 heterocycles. The Hall–Kier alpha value is -3.18. The van der Waals surface area contributed by atoms with Gasteiger partial charge in [-0.3, -0.25) is 0 Å². The zero-order valence-electron chi connectivity index (χ0n) is 15.5. The number of imidazole rings is 1. The highest BCUT2D eigenvalue weighted by atomic mass is 16.4. The molecule has 1 aromatic heterocycles. The Balaban J connectivity index is 1.82. The van der Waals surface area contributed by atoms with Crippen molar-refractivity contribution in [3.8, 4) is 11.3 Å². The van der Waals surface area contributed by atoms with Crippen LogP contribution >= 0.6 is 0 Å². The highest BCUT2D eigenvalue weighted by molar-refractivity contribution is 5.85. The number of nitrogens with one attached hydrogen (secondary N) is 1. The lowest BCUT2D eigenvalue weighted by Gasteiger charge is -2.09. The largest absolute Gasteiger partial charge is 0.478 e. The summed E-state index contributed by atoms with van der Waals surface area (Å²) in [5.41, 5.74) is 5.17. The van der Waals surface area contributed by atoms with Gasteiger partial charge in [-0.15, -0.1) is 0 Å². The Kier molecular flexibility index (Phi) is 5.84. The average Bonchev–Trinajstić information content (AvgIpc) is 3.03. The molecule has 0 saturated heterocycles. The van der Waals surface area contributed by atoms with E-state index in [1.54, 1.807) is 6.08 Å². The standard InChI is InChI=1S/C22H23N3O2/c1-25(2)15-19-22(18-6-4-3-5-7-18)24-20(23-19)14-17-10-8-16(9-11-17)12-13-21(26)27/h3-13H,14-15H2,1-2H3,(H,23,24)(H,26,27). The van der Waals surface area contributed by atoms with E-state index in [1.807, 2.05) is 56.6 Å². The minimum absolute atomic E-state index is 0.691. The maximum Gasteiger partial charge on any atom is 0.328 e. The number of aliphatic carboxylic acids is 1. The van der Waals surface area contributed by atoms with Gasteiger partial charge in [0.2, 0.25) is 0 Å². The Morgan fingerprint density at radius 2 is 1.81 bits per heavy atom. The third-order valence-electron chi connectivity index (χ3n) is 4.12. The third-order valence-corrected chi connectivity index (χ3v) is 4.12. The van der Waals surface area contributed by atoms with Crippen LogP contribution in [-0.4, -0.2) is 40.0 Å². The first-order valence-electron chi connectivity index (χ1n) is 8.79. The topological polar surface area (TPSA) is 69.2 Å². The molecule has 2 N–H and O–H groups in total. The fraction of sp³-hybridized carbons (Fsp3) is 0.182. The number of rotatable bonds is 7. The highest BCUT2D eigenvalue weighted by Crippen LogP contribution is 2.23. The molecule has 0 unspecified atom stereocenters. The number of carboxylic acid groups (broad SMARTS) is 1. The highest BCUT2D eigenvalue weighted by Gasteiger charge is 2.13. The number of nitrogens with zero attached hydrogens (tertiary/aromatic N) is 2. The van der Waals surface area contributed by atoms with Crippen molar-refractivity contribution in [1.29, 1.82) is 0 Å². The second-order valence-electron chi connectivity index (χ2n) is 6.70. The smallest absolute Gasteiger partial charge is 0.328 e. The van der Waals surface area contributed by atoms with Crippen molar-refractivity contribution in [1.82, 2.24) is 14.9 Å². The number of H-pyrrole nitrogens is 1. The molecule has 3 rings (SSSR count). The molecule has 2 aromatic carbocycles. The van der Waals surface area contributed by atoms with Crippen molar-refractivity contribution in [2.45, 2.75) is 13.0 Å². The van der Waals surface area contributed by atoms with E-state index >= 15 is 0 Å². The second-order valence-corrected chi connectivity index (χ2v) is 6.70. The van der Waals surface area contributed by atoms with Gasteiger partial charge in [0.05, 0.1) is 11.4 Å². The number of hydrogen-bond donors (Lipinski definition) is 2. The average molecular weight is 361 g/mol. The Labute approximate surface area is 159 Å². The third kappa shape index (κ3) is 5.15. The van der Waals surface area contributed by atoms with Gasteiger partial charge in [-0.1, -0.05) is 54.6 Å². The second kappa shape index (κ2) is 8.47. The van der Waals surface area contributed by atoms with Gasteiger partial charge in [0.25, 0.3) is 0 Å². The van der Waals surface area contributed by atoms with E-state index < -0.39 is 5.97 Å². The van der Waals surface area contributed by atoms with Crippen LogP contribution < -0.4 is 0 Å². The van der Waals surface area contributed by atoms with Crippen LogP contribution in [-0.2, 0) is 17.8 Å². The first-order valence-corrected chi connectivity index (χ1v) is 8.79. The van der Waals surface area contributed by atoms with Crippen molar-refractivity contribution >= 4 is 12.0 Å². The van der Waals surface area contributed by atoms with Crippen LogP contribution in [0.25, 0.3) is 17.3 Å². The molecule has 0 bridgehead atoms. The van der Waals surface area contributed by atoms with Gasteiger partial charge >= 0.3 is 5.97 Å². The summed E-state index contributed by atoms with van der Waals surface area (Å²) in [6.45, 7) is 0.788. The maximum absolute atomic E-state index is 10.6. The molecule has 0 amide bonds. The van der Waals surface area contributed by atoms with Crippen molar-refractivity contribution in [2.75, 3.05) is 14.1 Å². The van der Waals surface area contributed by atoms with Crippen LogP contribution in [0.3, 0.4) is 0 Å². The molecule has 0 aliphatic heterocycles. The molecular weight excluding hydrogens is 338 g/mol. The first kappa shape index (κ1) is 18.6. The normalized spacial score (nSPS) is 11.4.